The summed E-state index contributed by atoms with van der Waals surface area (Å²) >= 11 is 0. The molecule has 0 aliphatic heterocycles. The van der Waals surface area contributed by atoms with Gasteiger partial charge in [0.15, 0.2) is 0 Å². The highest BCUT2D eigenvalue weighted by Gasteiger charge is 2.28. The number of anilines is 1. The molecule has 0 aliphatic carbocycles. The van der Waals surface area contributed by atoms with Gasteiger partial charge in [-0.3, -0.25) is 4.79 Å². The molecule has 24 heavy (non-hydrogen) atoms. The summed E-state index contributed by atoms with van der Waals surface area (Å²) in [6.45, 7) is 9.13. The van der Waals surface area contributed by atoms with Gasteiger partial charge in [-0.1, -0.05) is 20.3 Å². The van der Waals surface area contributed by atoms with Crippen LogP contribution in [0.5, 0.6) is 0 Å². The third kappa shape index (κ3) is 6.29. The quantitative estimate of drug-likeness (QED) is 0.864. The third-order valence-corrected chi connectivity index (χ3v) is 3.45. The molecule has 1 rings (SSSR count). The molecule has 6 heteroatoms. The number of nitriles is 1. The maximum Gasteiger partial charge on any atom is 0.408 e. The van der Waals surface area contributed by atoms with E-state index >= 15 is 0 Å². The SMILES string of the molecule is CCC(C)C(NC(=O)OC(C)(C)C)C(=O)Nc1ccc(C#N)cc1. The minimum absolute atomic E-state index is 0.0594. The summed E-state index contributed by atoms with van der Waals surface area (Å²) in [5.74, 6) is -0.379. The van der Waals surface area contributed by atoms with Crippen molar-refractivity contribution < 1.29 is 14.3 Å². The number of rotatable bonds is 5. The van der Waals surface area contributed by atoms with Crippen LogP contribution in [0.1, 0.15) is 46.6 Å². The summed E-state index contributed by atoms with van der Waals surface area (Å²) in [5.41, 5.74) is 0.449. The zero-order valence-corrected chi connectivity index (χ0v) is 14.8. The molecule has 1 aromatic carbocycles. The van der Waals surface area contributed by atoms with Gasteiger partial charge in [-0.25, -0.2) is 4.79 Å². The Kier molecular flexibility index (Phi) is 6.78. The van der Waals surface area contributed by atoms with E-state index in [0.29, 0.717) is 11.3 Å². The Hall–Kier alpha value is -2.55. The number of alkyl carbamates (subject to hydrolysis) is 1. The lowest BCUT2D eigenvalue weighted by Crippen LogP contribution is -2.49. The summed E-state index contributed by atoms with van der Waals surface area (Å²) in [7, 11) is 0. The van der Waals surface area contributed by atoms with E-state index in [1.807, 2.05) is 19.9 Å². The molecule has 0 aromatic heterocycles. The van der Waals surface area contributed by atoms with Crippen molar-refractivity contribution in [3.8, 4) is 6.07 Å². The van der Waals surface area contributed by atoms with Crippen molar-refractivity contribution in [2.45, 2.75) is 52.7 Å². The topological polar surface area (TPSA) is 91.2 Å². The van der Waals surface area contributed by atoms with Gasteiger partial charge in [0.1, 0.15) is 11.6 Å². The van der Waals surface area contributed by atoms with E-state index in [2.05, 4.69) is 10.6 Å². The Bertz CT molecular complexity index is 612. The van der Waals surface area contributed by atoms with E-state index in [4.69, 9.17) is 10.00 Å². The number of nitrogens with zero attached hydrogens (tertiary/aromatic N) is 1. The van der Waals surface area contributed by atoms with Gasteiger partial charge in [0, 0.05) is 5.69 Å². The second-order valence-corrected chi connectivity index (χ2v) is 6.69. The molecule has 2 unspecified atom stereocenters. The summed E-state index contributed by atoms with van der Waals surface area (Å²) in [4.78, 5) is 24.5. The summed E-state index contributed by atoms with van der Waals surface area (Å²) in [6.07, 6.45) is 0.101. The Balaban J connectivity index is 2.81. The van der Waals surface area contributed by atoms with Crippen LogP contribution in [-0.4, -0.2) is 23.6 Å². The number of carbonyl (C=O) groups excluding carboxylic acids is 2. The van der Waals surface area contributed by atoms with Crippen molar-refractivity contribution in [2.75, 3.05) is 5.32 Å². The van der Waals surface area contributed by atoms with Crippen molar-refractivity contribution in [2.24, 2.45) is 5.92 Å². The zero-order valence-electron chi connectivity index (χ0n) is 14.8. The predicted molar refractivity (Wildman–Crippen MR) is 92.4 cm³/mol. The number of hydrogen-bond acceptors (Lipinski definition) is 4. The highest BCUT2D eigenvalue weighted by atomic mass is 16.6. The lowest BCUT2D eigenvalue weighted by Gasteiger charge is -2.26. The maximum absolute atomic E-state index is 12.5. The smallest absolute Gasteiger partial charge is 0.408 e. The van der Waals surface area contributed by atoms with Crippen LogP contribution in [0.3, 0.4) is 0 Å². The first-order valence-corrected chi connectivity index (χ1v) is 7.96. The van der Waals surface area contributed by atoms with Crippen molar-refractivity contribution >= 4 is 17.7 Å². The van der Waals surface area contributed by atoms with E-state index in [0.717, 1.165) is 6.42 Å². The van der Waals surface area contributed by atoms with Crippen LogP contribution in [0, 0.1) is 17.2 Å². The van der Waals surface area contributed by atoms with E-state index in [1.165, 1.54) is 0 Å². The molecular formula is C18H25N3O3. The molecule has 0 radical (unpaired) electrons. The van der Waals surface area contributed by atoms with Crippen molar-refractivity contribution in [1.29, 1.82) is 5.26 Å². The van der Waals surface area contributed by atoms with Crippen LogP contribution >= 0.6 is 0 Å². The van der Waals surface area contributed by atoms with E-state index in [9.17, 15) is 9.59 Å². The molecule has 2 atom stereocenters. The Morgan fingerprint density at radius 2 is 1.83 bits per heavy atom. The summed E-state index contributed by atoms with van der Waals surface area (Å²) in [6, 6.07) is 7.85. The van der Waals surface area contributed by atoms with E-state index < -0.39 is 17.7 Å². The van der Waals surface area contributed by atoms with Crippen LogP contribution in [-0.2, 0) is 9.53 Å². The highest BCUT2D eigenvalue weighted by Crippen LogP contribution is 2.14. The first-order chi connectivity index (χ1) is 11.2. The van der Waals surface area contributed by atoms with Gasteiger partial charge >= 0.3 is 6.09 Å². The maximum atomic E-state index is 12.5. The lowest BCUT2D eigenvalue weighted by atomic mass is 9.98. The van der Waals surface area contributed by atoms with Gasteiger partial charge < -0.3 is 15.4 Å². The van der Waals surface area contributed by atoms with Gasteiger partial charge in [0.05, 0.1) is 11.6 Å². The molecule has 6 nitrogen and oxygen atoms in total. The normalized spacial score (nSPS) is 13.3. The zero-order chi connectivity index (χ0) is 18.3. The standard InChI is InChI=1S/C18H25N3O3/c1-6-12(2)15(21-17(23)24-18(3,4)5)16(22)20-14-9-7-13(11-19)8-10-14/h7-10,12,15H,6H2,1-5H3,(H,20,22)(H,21,23). The van der Waals surface area contributed by atoms with Gasteiger partial charge in [-0.2, -0.15) is 5.26 Å². The Morgan fingerprint density at radius 1 is 1.25 bits per heavy atom. The molecule has 0 saturated carbocycles. The number of hydrogen-bond donors (Lipinski definition) is 2. The average Bonchev–Trinajstić information content (AvgIpc) is 2.50. The molecule has 0 heterocycles. The molecule has 1 aromatic rings. The molecule has 0 bridgehead atoms. The van der Waals surface area contributed by atoms with Crippen molar-refractivity contribution in [3.05, 3.63) is 29.8 Å². The average molecular weight is 331 g/mol. The minimum Gasteiger partial charge on any atom is -0.444 e. The Morgan fingerprint density at radius 3 is 2.29 bits per heavy atom. The fourth-order valence-electron chi connectivity index (χ4n) is 1.98. The summed E-state index contributed by atoms with van der Waals surface area (Å²) < 4.78 is 5.23. The van der Waals surface area contributed by atoms with E-state index in [-0.39, 0.29) is 11.8 Å². The number of benzene rings is 1. The van der Waals surface area contributed by atoms with Gasteiger partial charge in [-0.05, 0) is 51.0 Å². The highest BCUT2D eigenvalue weighted by molar-refractivity contribution is 5.96. The largest absolute Gasteiger partial charge is 0.444 e. The van der Waals surface area contributed by atoms with Gasteiger partial charge in [0.25, 0.3) is 0 Å². The van der Waals surface area contributed by atoms with Crippen LogP contribution in [0.2, 0.25) is 0 Å². The van der Waals surface area contributed by atoms with Crippen LogP contribution in [0.25, 0.3) is 0 Å². The molecule has 0 spiro atoms. The van der Waals surface area contributed by atoms with Crippen LogP contribution in [0.4, 0.5) is 10.5 Å². The fourth-order valence-corrected chi connectivity index (χ4v) is 1.98. The van der Waals surface area contributed by atoms with Gasteiger partial charge in [-0.15, -0.1) is 0 Å². The monoisotopic (exact) mass is 331 g/mol. The molecule has 2 N–H and O–H groups in total. The Labute approximate surface area is 143 Å². The molecular weight excluding hydrogens is 306 g/mol. The minimum atomic E-state index is -0.708. The first kappa shape index (κ1) is 19.5. The fraction of sp³-hybridized carbons (Fsp3) is 0.500. The van der Waals surface area contributed by atoms with Crippen molar-refractivity contribution in [1.82, 2.24) is 5.32 Å². The van der Waals surface area contributed by atoms with Gasteiger partial charge in [0.2, 0.25) is 5.91 Å². The second kappa shape index (κ2) is 8.34. The number of amides is 2. The predicted octanol–water partition coefficient (Wildman–Crippen LogP) is 3.44. The molecule has 0 aliphatic rings. The first-order valence-electron chi connectivity index (χ1n) is 7.96. The molecule has 0 fully saturated rings. The molecule has 0 saturated heterocycles. The molecule has 2 amide bonds. The number of ether oxygens (including phenoxy) is 1. The number of nitrogens with one attached hydrogen (secondary N) is 2. The van der Waals surface area contributed by atoms with Crippen molar-refractivity contribution in [3.63, 3.8) is 0 Å². The van der Waals surface area contributed by atoms with Crippen LogP contribution < -0.4 is 10.6 Å². The lowest BCUT2D eigenvalue weighted by molar-refractivity contribution is -0.119. The number of carbonyl (C=O) groups is 2. The molecule has 130 valence electrons. The second-order valence-electron chi connectivity index (χ2n) is 6.69. The van der Waals surface area contributed by atoms with Crippen LogP contribution in [0.15, 0.2) is 24.3 Å². The van der Waals surface area contributed by atoms with E-state index in [1.54, 1.807) is 45.0 Å². The third-order valence-electron chi connectivity index (χ3n) is 3.45. The summed E-state index contributed by atoms with van der Waals surface area (Å²) in [5, 5.41) is 14.2.